The Morgan fingerprint density at radius 2 is 1.93 bits per heavy atom. The van der Waals surface area contributed by atoms with E-state index in [4.69, 9.17) is 9.72 Å². The van der Waals surface area contributed by atoms with Crippen molar-refractivity contribution in [3.8, 4) is 0 Å². The molecule has 1 N–H and O–H groups in total. The fourth-order valence-corrected chi connectivity index (χ4v) is 3.82. The van der Waals surface area contributed by atoms with Gasteiger partial charge in [0, 0.05) is 35.9 Å². The number of carbonyl (C=O) groups is 2. The molecule has 0 spiro atoms. The summed E-state index contributed by atoms with van der Waals surface area (Å²) in [5.74, 6) is -0.0473. The third-order valence-electron chi connectivity index (χ3n) is 5.98. The Balaban J connectivity index is 1.62. The van der Waals surface area contributed by atoms with Gasteiger partial charge in [0.25, 0.3) is 5.91 Å². The second-order valence-corrected chi connectivity index (χ2v) is 8.28. The van der Waals surface area contributed by atoms with E-state index in [1.54, 1.807) is 10.7 Å². The molecule has 0 aromatic carbocycles. The van der Waals surface area contributed by atoms with Crippen molar-refractivity contribution in [2.24, 2.45) is 11.3 Å². The third kappa shape index (κ3) is 3.36. The number of imidazole rings is 1. The molecule has 0 bridgehead atoms. The second-order valence-electron chi connectivity index (χ2n) is 8.28. The Hall–Kier alpha value is -2.28. The summed E-state index contributed by atoms with van der Waals surface area (Å²) in [5, 5.41) is 2.54. The number of rotatable bonds is 4. The van der Waals surface area contributed by atoms with Gasteiger partial charge in [-0.15, -0.1) is 0 Å². The van der Waals surface area contributed by atoms with Gasteiger partial charge in [-0.2, -0.15) is 0 Å². The number of aromatic nitrogens is 3. The molecule has 1 aliphatic heterocycles. The predicted molar refractivity (Wildman–Crippen MR) is 99.5 cm³/mol. The molecule has 1 saturated carbocycles. The van der Waals surface area contributed by atoms with Crippen LogP contribution in [0.3, 0.4) is 0 Å². The van der Waals surface area contributed by atoms with Gasteiger partial charge in [-0.25, -0.2) is 9.97 Å². The van der Waals surface area contributed by atoms with Crippen LogP contribution >= 0.6 is 0 Å². The van der Waals surface area contributed by atoms with E-state index >= 15 is 0 Å². The molecule has 2 amide bonds. The Morgan fingerprint density at radius 1 is 1.22 bits per heavy atom. The van der Waals surface area contributed by atoms with Gasteiger partial charge in [0.2, 0.25) is 5.91 Å². The maximum absolute atomic E-state index is 12.8. The highest BCUT2D eigenvalue weighted by atomic mass is 16.5. The van der Waals surface area contributed by atoms with Crippen LogP contribution in [0.5, 0.6) is 0 Å². The summed E-state index contributed by atoms with van der Waals surface area (Å²) in [6, 6.07) is 2.05. The quantitative estimate of drug-likeness (QED) is 0.894. The molecular formula is C20H26N4O3. The smallest absolute Gasteiger partial charge is 0.280 e. The lowest BCUT2D eigenvalue weighted by Crippen LogP contribution is -2.42. The number of fused-ring (bicyclic) bond motifs is 1. The Bertz CT molecular complexity index is 892. The first-order chi connectivity index (χ1) is 12.9. The second kappa shape index (κ2) is 6.71. The Kier molecular flexibility index (Phi) is 4.50. The number of imide groups is 1. The van der Waals surface area contributed by atoms with Crippen molar-refractivity contribution in [1.82, 2.24) is 19.7 Å². The van der Waals surface area contributed by atoms with Crippen LogP contribution < -0.4 is 5.32 Å². The molecule has 2 aromatic heterocycles. The lowest BCUT2D eigenvalue weighted by Gasteiger charge is -2.22. The van der Waals surface area contributed by atoms with E-state index in [1.807, 2.05) is 26.8 Å². The monoisotopic (exact) mass is 370 g/mol. The number of ether oxygens (including phenoxy) is 1. The number of hydrogen-bond donors (Lipinski definition) is 1. The maximum Gasteiger partial charge on any atom is 0.280 e. The molecule has 0 unspecified atom stereocenters. The summed E-state index contributed by atoms with van der Waals surface area (Å²) in [7, 11) is 0. The molecule has 3 heterocycles. The van der Waals surface area contributed by atoms with Gasteiger partial charge >= 0.3 is 0 Å². The van der Waals surface area contributed by atoms with Gasteiger partial charge in [-0.1, -0.05) is 13.8 Å². The van der Waals surface area contributed by atoms with Gasteiger partial charge in [0.1, 0.15) is 6.33 Å². The van der Waals surface area contributed by atoms with Crippen LogP contribution in [0.4, 0.5) is 0 Å². The van der Waals surface area contributed by atoms with Gasteiger partial charge in [0.05, 0.1) is 0 Å². The SMILES string of the molecule is Cc1cc(C2CCOCC2)nc2c(C(=O)NC(=O)C(C)(C)C3CC3)ncn12. The lowest BCUT2D eigenvalue weighted by atomic mass is 9.86. The van der Waals surface area contributed by atoms with Gasteiger partial charge in [0.15, 0.2) is 11.3 Å². The summed E-state index contributed by atoms with van der Waals surface area (Å²) in [6.45, 7) is 7.22. The number of nitrogens with one attached hydrogen (secondary N) is 1. The molecule has 144 valence electrons. The summed E-state index contributed by atoms with van der Waals surface area (Å²) < 4.78 is 7.24. The van der Waals surface area contributed by atoms with Crippen molar-refractivity contribution in [1.29, 1.82) is 0 Å². The minimum absolute atomic E-state index is 0.201. The van der Waals surface area contributed by atoms with E-state index in [0.29, 0.717) is 17.5 Å². The fourth-order valence-electron chi connectivity index (χ4n) is 3.82. The topological polar surface area (TPSA) is 85.6 Å². The average molecular weight is 370 g/mol. The number of hydrogen-bond acceptors (Lipinski definition) is 5. The molecule has 2 aromatic rings. The van der Waals surface area contributed by atoms with Gasteiger partial charge < -0.3 is 4.74 Å². The zero-order chi connectivity index (χ0) is 19.2. The molecule has 2 aliphatic rings. The number of aryl methyl sites for hydroxylation is 1. The van der Waals surface area contributed by atoms with E-state index < -0.39 is 11.3 Å². The molecule has 7 heteroatoms. The van der Waals surface area contributed by atoms with E-state index in [0.717, 1.165) is 50.3 Å². The van der Waals surface area contributed by atoms with Gasteiger partial charge in [-0.05, 0) is 44.6 Å². The summed E-state index contributed by atoms with van der Waals surface area (Å²) in [4.78, 5) is 34.3. The van der Waals surface area contributed by atoms with E-state index in [2.05, 4.69) is 10.3 Å². The fraction of sp³-hybridized carbons (Fsp3) is 0.600. The number of carbonyl (C=O) groups excluding carboxylic acids is 2. The first-order valence-corrected chi connectivity index (χ1v) is 9.66. The van der Waals surface area contributed by atoms with Crippen molar-refractivity contribution in [3.05, 3.63) is 29.5 Å². The summed E-state index contributed by atoms with van der Waals surface area (Å²) in [5.41, 5.74) is 2.10. The normalized spacial score (nSPS) is 18.6. The predicted octanol–water partition coefficient (Wildman–Crippen LogP) is 2.62. The minimum Gasteiger partial charge on any atom is -0.381 e. The first kappa shape index (κ1) is 18.1. The van der Waals surface area contributed by atoms with E-state index in [9.17, 15) is 9.59 Å². The summed E-state index contributed by atoms with van der Waals surface area (Å²) in [6.07, 6.45) is 5.52. The van der Waals surface area contributed by atoms with Crippen LogP contribution in [0.1, 0.15) is 67.3 Å². The maximum atomic E-state index is 12.8. The van der Waals surface area contributed by atoms with Crippen LogP contribution in [0.25, 0.3) is 5.65 Å². The van der Waals surface area contributed by atoms with Crippen LogP contribution in [0.15, 0.2) is 12.4 Å². The molecule has 4 rings (SSSR count). The minimum atomic E-state index is -0.540. The van der Waals surface area contributed by atoms with Gasteiger partial charge in [-0.3, -0.25) is 19.3 Å². The molecular weight excluding hydrogens is 344 g/mol. The molecule has 1 saturated heterocycles. The number of amides is 2. The Labute approximate surface area is 158 Å². The molecule has 0 atom stereocenters. The van der Waals surface area contributed by atoms with Crippen molar-refractivity contribution in [3.63, 3.8) is 0 Å². The number of nitrogens with zero attached hydrogens (tertiary/aromatic N) is 3. The standard InChI is InChI=1S/C20H26N4O3/c1-12-10-15(13-6-8-27-9-7-13)22-17-16(21-11-24(12)17)18(25)23-19(26)20(2,3)14-4-5-14/h10-11,13-14H,4-9H2,1-3H3,(H,23,25,26). The van der Waals surface area contributed by atoms with E-state index in [-0.39, 0.29) is 11.6 Å². The van der Waals surface area contributed by atoms with Crippen LogP contribution in [0, 0.1) is 18.3 Å². The zero-order valence-electron chi connectivity index (χ0n) is 16.1. The van der Waals surface area contributed by atoms with Crippen LogP contribution in [-0.2, 0) is 9.53 Å². The molecule has 1 aliphatic carbocycles. The summed E-state index contributed by atoms with van der Waals surface area (Å²) >= 11 is 0. The highest BCUT2D eigenvalue weighted by Gasteiger charge is 2.44. The first-order valence-electron chi connectivity index (χ1n) is 9.66. The van der Waals surface area contributed by atoms with Crippen LogP contribution in [0.2, 0.25) is 0 Å². The Morgan fingerprint density at radius 3 is 2.59 bits per heavy atom. The van der Waals surface area contributed by atoms with Crippen molar-refractivity contribution < 1.29 is 14.3 Å². The molecule has 0 radical (unpaired) electrons. The highest BCUT2D eigenvalue weighted by molar-refractivity contribution is 6.08. The van der Waals surface area contributed by atoms with Crippen molar-refractivity contribution in [2.75, 3.05) is 13.2 Å². The largest absolute Gasteiger partial charge is 0.381 e. The molecule has 27 heavy (non-hydrogen) atoms. The van der Waals surface area contributed by atoms with Crippen LogP contribution in [-0.4, -0.2) is 39.4 Å². The zero-order valence-corrected chi connectivity index (χ0v) is 16.1. The average Bonchev–Trinajstić information content (AvgIpc) is 3.42. The highest BCUT2D eigenvalue weighted by Crippen LogP contribution is 2.45. The van der Waals surface area contributed by atoms with Crippen molar-refractivity contribution in [2.45, 2.75) is 52.4 Å². The third-order valence-corrected chi connectivity index (χ3v) is 5.98. The lowest BCUT2D eigenvalue weighted by molar-refractivity contribution is -0.129. The van der Waals surface area contributed by atoms with Crippen molar-refractivity contribution >= 4 is 17.5 Å². The van der Waals surface area contributed by atoms with E-state index in [1.165, 1.54) is 0 Å². The molecule has 2 fully saturated rings. The molecule has 7 nitrogen and oxygen atoms in total.